The summed E-state index contributed by atoms with van der Waals surface area (Å²) in [6, 6.07) is 21.4. The molecule has 0 fully saturated rings. The van der Waals surface area contributed by atoms with Crippen molar-refractivity contribution in [2.24, 2.45) is 5.10 Å². The van der Waals surface area contributed by atoms with Gasteiger partial charge >= 0.3 is 0 Å². The minimum Gasteiger partial charge on any atom is -0.507 e. The van der Waals surface area contributed by atoms with Gasteiger partial charge in [-0.3, -0.25) is 0 Å². The van der Waals surface area contributed by atoms with E-state index in [0.29, 0.717) is 6.42 Å². The fourth-order valence-corrected chi connectivity index (χ4v) is 3.76. The highest BCUT2D eigenvalue weighted by atomic mass is 19.1. The van der Waals surface area contributed by atoms with E-state index in [4.69, 9.17) is 9.84 Å². The van der Waals surface area contributed by atoms with Crippen LogP contribution >= 0.6 is 0 Å². The summed E-state index contributed by atoms with van der Waals surface area (Å²) in [5.74, 6) is 0.733. The van der Waals surface area contributed by atoms with Gasteiger partial charge in [0, 0.05) is 23.1 Å². The van der Waals surface area contributed by atoms with Gasteiger partial charge in [-0.15, -0.1) is 0 Å². The SMILES string of the molecule is Oc1ccccc1C1=NN2[C@@H](c3ccc(F)cc3)Oc3ccccc3[C@@H]2C1. The van der Waals surface area contributed by atoms with Crippen LogP contribution in [-0.4, -0.2) is 15.8 Å². The molecule has 134 valence electrons. The van der Waals surface area contributed by atoms with Crippen LogP contribution in [0.2, 0.25) is 0 Å². The van der Waals surface area contributed by atoms with Gasteiger partial charge in [0.2, 0.25) is 6.23 Å². The van der Waals surface area contributed by atoms with Crippen molar-refractivity contribution in [2.45, 2.75) is 18.7 Å². The summed E-state index contributed by atoms with van der Waals surface area (Å²) in [6.07, 6.45) is 0.212. The van der Waals surface area contributed by atoms with Crippen molar-refractivity contribution >= 4 is 5.71 Å². The molecular formula is C22H17FN2O2. The monoisotopic (exact) mass is 360 g/mol. The molecule has 0 aromatic heterocycles. The summed E-state index contributed by atoms with van der Waals surface area (Å²) in [5.41, 5.74) is 3.43. The van der Waals surface area contributed by atoms with Crippen LogP contribution in [0.15, 0.2) is 77.9 Å². The first-order valence-electron chi connectivity index (χ1n) is 8.86. The molecule has 2 aliphatic rings. The summed E-state index contributed by atoms with van der Waals surface area (Å²) in [4.78, 5) is 0. The van der Waals surface area contributed by atoms with E-state index in [1.54, 1.807) is 24.3 Å². The second kappa shape index (κ2) is 6.13. The molecule has 2 aliphatic heterocycles. The van der Waals surface area contributed by atoms with Gasteiger partial charge in [0.05, 0.1) is 11.8 Å². The van der Waals surface area contributed by atoms with Crippen LogP contribution in [0.4, 0.5) is 4.39 Å². The second-order valence-corrected chi connectivity index (χ2v) is 6.72. The van der Waals surface area contributed by atoms with Gasteiger partial charge in [-0.05, 0) is 30.3 Å². The van der Waals surface area contributed by atoms with Crippen LogP contribution in [0, 0.1) is 5.82 Å². The van der Waals surface area contributed by atoms with Gasteiger partial charge in [0.25, 0.3) is 0 Å². The zero-order valence-corrected chi connectivity index (χ0v) is 14.4. The zero-order chi connectivity index (χ0) is 18.4. The van der Waals surface area contributed by atoms with E-state index in [2.05, 4.69) is 0 Å². The van der Waals surface area contributed by atoms with E-state index in [1.165, 1.54) is 12.1 Å². The number of ether oxygens (including phenoxy) is 1. The van der Waals surface area contributed by atoms with E-state index in [-0.39, 0.29) is 17.6 Å². The Morgan fingerprint density at radius 1 is 0.963 bits per heavy atom. The maximum atomic E-state index is 13.4. The molecule has 1 N–H and O–H groups in total. The molecule has 0 unspecified atom stereocenters. The fourth-order valence-electron chi connectivity index (χ4n) is 3.76. The molecule has 27 heavy (non-hydrogen) atoms. The van der Waals surface area contributed by atoms with Crippen molar-refractivity contribution in [2.75, 3.05) is 0 Å². The average molecular weight is 360 g/mol. The van der Waals surface area contributed by atoms with E-state index < -0.39 is 6.23 Å². The van der Waals surface area contributed by atoms with Gasteiger partial charge in [-0.2, -0.15) is 5.10 Å². The number of rotatable bonds is 2. The van der Waals surface area contributed by atoms with E-state index >= 15 is 0 Å². The summed E-state index contributed by atoms with van der Waals surface area (Å²) in [7, 11) is 0. The lowest BCUT2D eigenvalue weighted by Crippen LogP contribution is -2.33. The summed E-state index contributed by atoms with van der Waals surface area (Å²) in [5, 5.41) is 16.9. The number of para-hydroxylation sites is 2. The minimum absolute atomic E-state index is 0.000362. The van der Waals surface area contributed by atoms with Crippen LogP contribution in [0.25, 0.3) is 0 Å². The molecule has 0 amide bonds. The molecule has 3 aromatic rings. The third-order valence-corrected chi connectivity index (χ3v) is 5.07. The van der Waals surface area contributed by atoms with Gasteiger partial charge in [-0.25, -0.2) is 9.40 Å². The Kier molecular flexibility index (Phi) is 3.60. The standard InChI is InChI=1S/C22H17FN2O2/c23-15-11-9-14(10-12-15)22-25-19(17-6-2-4-8-21(17)27-22)13-18(24-25)16-5-1-3-7-20(16)26/h1-12,19,22,26H,13H2/t19-,22+/m0/s1. The number of hydrazone groups is 1. The Hall–Kier alpha value is -3.34. The maximum absolute atomic E-state index is 13.4. The number of aromatic hydroxyl groups is 1. The number of benzene rings is 3. The minimum atomic E-state index is -0.450. The van der Waals surface area contributed by atoms with Gasteiger partial charge in [0.1, 0.15) is 17.3 Å². The molecule has 0 bridgehead atoms. The number of fused-ring (bicyclic) bond motifs is 3. The third kappa shape index (κ3) is 2.63. The lowest BCUT2D eigenvalue weighted by atomic mass is 9.95. The molecule has 2 heterocycles. The highest BCUT2D eigenvalue weighted by Crippen LogP contribution is 2.47. The van der Waals surface area contributed by atoms with Crippen LogP contribution in [0.5, 0.6) is 11.5 Å². The van der Waals surface area contributed by atoms with Crippen LogP contribution in [-0.2, 0) is 0 Å². The molecule has 2 atom stereocenters. The quantitative estimate of drug-likeness (QED) is 0.716. The Morgan fingerprint density at radius 3 is 2.52 bits per heavy atom. The van der Waals surface area contributed by atoms with Crippen LogP contribution in [0.1, 0.15) is 35.4 Å². The second-order valence-electron chi connectivity index (χ2n) is 6.72. The van der Waals surface area contributed by atoms with Crippen molar-refractivity contribution in [1.29, 1.82) is 0 Å². The molecule has 0 spiro atoms. The van der Waals surface area contributed by atoms with E-state index in [0.717, 1.165) is 28.2 Å². The predicted octanol–water partition coefficient (Wildman–Crippen LogP) is 4.77. The number of hydrogen-bond acceptors (Lipinski definition) is 4. The topological polar surface area (TPSA) is 45.1 Å². The molecule has 3 aromatic carbocycles. The molecule has 0 radical (unpaired) electrons. The zero-order valence-electron chi connectivity index (χ0n) is 14.4. The van der Waals surface area contributed by atoms with Crippen LogP contribution < -0.4 is 4.74 Å². The normalized spacial score (nSPS) is 20.5. The van der Waals surface area contributed by atoms with E-state index in [9.17, 15) is 9.50 Å². The molecule has 4 nitrogen and oxygen atoms in total. The van der Waals surface area contributed by atoms with Gasteiger partial charge in [0.15, 0.2) is 0 Å². The lowest BCUT2D eigenvalue weighted by Gasteiger charge is -2.38. The van der Waals surface area contributed by atoms with Crippen LogP contribution in [0.3, 0.4) is 0 Å². The smallest absolute Gasteiger partial charge is 0.213 e. The fraction of sp³-hybridized carbons (Fsp3) is 0.136. The molecule has 0 saturated carbocycles. The Balaban J connectivity index is 1.61. The van der Waals surface area contributed by atoms with Crippen molar-refractivity contribution < 1.29 is 14.2 Å². The number of phenols is 1. The first-order chi connectivity index (χ1) is 13.2. The number of nitrogens with zero attached hydrogens (tertiary/aromatic N) is 2. The summed E-state index contributed by atoms with van der Waals surface area (Å²) >= 11 is 0. The van der Waals surface area contributed by atoms with Gasteiger partial charge in [-0.1, -0.05) is 42.5 Å². The highest BCUT2D eigenvalue weighted by molar-refractivity contribution is 6.04. The van der Waals surface area contributed by atoms with Crippen molar-refractivity contribution in [1.82, 2.24) is 5.01 Å². The number of hydrogen-bond donors (Lipinski definition) is 1. The average Bonchev–Trinajstić information content (AvgIpc) is 3.14. The first-order valence-corrected chi connectivity index (χ1v) is 8.86. The van der Waals surface area contributed by atoms with Gasteiger partial charge < -0.3 is 9.84 Å². The molecule has 0 saturated heterocycles. The largest absolute Gasteiger partial charge is 0.507 e. The van der Waals surface area contributed by atoms with Crippen molar-refractivity contribution in [3.05, 3.63) is 95.3 Å². The molecular weight excluding hydrogens is 343 g/mol. The summed E-state index contributed by atoms with van der Waals surface area (Å²) < 4.78 is 19.6. The lowest BCUT2D eigenvalue weighted by molar-refractivity contribution is -0.0190. The third-order valence-electron chi connectivity index (χ3n) is 5.07. The number of phenolic OH excluding ortho intramolecular Hbond substituents is 1. The van der Waals surface area contributed by atoms with Crippen molar-refractivity contribution in [3.8, 4) is 11.5 Å². The highest BCUT2D eigenvalue weighted by Gasteiger charge is 2.41. The Labute approximate surface area is 156 Å². The molecule has 5 rings (SSSR count). The number of halogens is 1. The van der Waals surface area contributed by atoms with Crippen molar-refractivity contribution in [3.63, 3.8) is 0 Å². The first kappa shape index (κ1) is 15.9. The van der Waals surface area contributed by atoms with E-state index in [1.807, 2.05) is 41.4 Å². The summed E-state index contributed by atoms with van der Waals surface area (Å²) in [6.45, 7) is 0. The molecule has 5 heteroatoms. The maximum Gasteiger partial charge on any atom is 0.213 e. The Bertz CT molecular complexity index is 1030. The predicted molar refractivity (Wildman–Crippen MR) is 100 cm³/mol. The Morgan fingerprint density at radius 2 is 1.70 bits per heavy atom. The molecule has 0 aliphatic carbocycles.